The lowest BCUT2D eigenvalue weighted by Crippen LogP contribution is -2.32. The van der Waals surface area contributed by atoms with Crippen LogP contribution in [0.15, 0.2) is 60.2 Å². The molecule has 1 atom stereocenters. The van der Waals surface area contributed by atoms with Crippen LogP contribution in [0.25, 0.3) is 5.76 Å². The highest BCUT2D eigenvalue weighted by Crippen LogP contribution is 2.39. The summed E-state index contributed by atoms with van der Waals surface area (Å²) in [5.41, 5.74) is 1.39. The molecular formula is C20H18INO4. The molecular weight excluding hydrogens is 445 g/mol. The average molecular weight is 463 g/mol. The van der Waals surface area contributed by atoms with E-state index in [1.807, 2.05) is 30.3 Å². The van der Waals surface area contributed by atoms with Gasteiger partial charge in [-0.25, -0.2) is 0 Å². The first-order valence-electron chi connectivity index (χ1n) is 8.13. The highest BCUT2D eigenvalue weighted by Gasteiger charge is 2.45. The van der Waals surface area contributed by atoms with E-state index in [2.05, 4.69) is 22.6 Å². The summed E-state index contributed by atoms with van der Waals surface area (Å²) in [6.07, 6.45) is 0. The smallest absolute Gasteiger partial charge is 0.295 e. The third kappa shape index (κ3) is 3.52. The Hall–Kier alpha value is -2.19. The van der Waals surface area contributed by atoms with Crippen molar-refractivity contribution >= 4 is 40.0 Å². The molecule has 1 aliphatic heterocycles. The number of carbonyl (C=O) groups is 2. The number of aliphatic hydroxyl groups excluding tert-OH is 1. The van der Waals surface area contributed by atoms with Crippen LogP contribution in [0.1, 0.15) is 17.2 Å². The summed E-state index contributed by atoms with van der Waals surface area (Å²) in [6, 6.07) is 15.7. The molecule has 26 heavy (non-hydrogen) atoms. The molecule has 0 saturated carbocycles. The van der Waals surface area contributed by atoms with Crippen molar-refractivity contribution < 1.29 is 19.4 Å². The summed E-state index contributed by atoms with van der Waals surface area (Å²) in [5.74, 6) is -1.46. The van der Waals surface area contributed by atoms with E-state index in [1.54, 1.807) is 31.4 Å². The second-order valence-electron chi connectivity index (χ2n) is 5.90. The quantitative estimate of drug-likeness (QED) is 0.320. The largest absolute Gasteiger partial charge is 0.507 e. The van der Waals surface area contributed by atoms with Gasteiger partial charge in [-0.05, 0) is 40.3 Å². The van der Waals surface area contributed by atoms with Crippen LogP contribution >= 0.6 is 22.6 Å². The number of methoxy groups -OCH3 is 1. The molecule has 2 aromatic rings. The van der Waals surface area contributed by atoms with E-state index >= 15 is 0 Å². The lowest BCUT2D eigenvalue weighted by molar-refractivity contribution is -0.140. The third-order valence-electron chi connectivity index (χ3n) is 4.31. The number of ether oxygens (including phenoxy) is 1. The molecule has 1 N–H and O–H groups in total. The number of likely N-dealkylation sites (tertiary alicyclic amines) is 1. The van der Waals surface area contributed by atoms with Gasteiger partial charge in [0.25, 0.3) is 11.7 Å². The molecule has 0 radical (unpaired) electrons. The van der Waals surface area contributed by atoms with Crippen LogP contribution in [0.5, 0.6) is 0 Å². The van der Waals surface area contributed by atoms with Crippen LogP contribution in [0.4, 0.5) is 0 Å². The summed E-state index contributed by atoms with van der Waals surface area (Å²) in [5, 5.41) is 10.8. The van der Waals surface area contributed by atoms with E-state index in [4.69, 9.17) is 4.74 Å². The first-order valence-corrected chi connectivity index (χ1v) is 9.20. The van der Waals surface area contributed by atoms with Gasteiger partial charge < -0.3 is 14.7 Å². The van der Waals surface area contributed by atoms with Crippen molar-refractivity contribution in [1.82, 2.24) is 4.90 Å². The van der Waals surface area contributed by atoms with Crippen LogP contribution < -0.4 is 0 Å². The number of Topliss-reactive ketones (excluding diaryl/α,β-unsaturated/α-hetero) is 1. The van der Waals surface area contributed by atoms with Crippen LogP contribution in [0.2, 0.25) is 0 Å². The van der Waals surface area contributed by atoms with Gasteiger partial charge in [0.15, 0.2) is 0 Å². The number of nitrogens with zero attached hydrogens (tertiary/aromatic N) is 1. The number of rotatable bonds is 5. The fourth-order valence-electron chi connectivity index (χ4n) is 3.04. The van der Waals surface area contributed by atoms with E-state index in [9.17, 15) is 14.7 Å². The van der Waals surface area contributed by atoms with Crippen molar-refractivity contribution in [3.8, 4) is 0 Å². The molecule has 5 nitrogen and oxygen atoms in total. The number of hydrogen-bond donors (Lipinski definition) is 1. The monoisotopic (exact) mass is 463 g/mol. The highest BCUT2D eigenvalue weighted by atomic mass is 127. The maximum atomic E-state index is 12.7. The van der Waals surface area contributed by atoms with E-state index in [1.165, 1.54) is 4.90 Å². The fourth-order valence-corrected chi connectivity index (χ4v) is 3.40. The van der Waals surface area contributed by atoms with Gasteiger partial charge in [0, 0.05) is 22.8 Å². The molecule has 1 unspecified atom stereocenters. The Bertz CT molecular complexity index is 846. The molecule has 0 spiro atoms. The average Bonchev–Trinajstić information content (AvgIpc) is 2.91. The summed E-state index contributed by atoms with van der Waals surface area (Å²) < 4.78 is 6.13. The van der Waals surface area contributed by atoms with Crippen LogP contribution in [-0.4, -0.2) is 42.0 Å². The van der Waals surface area contributed by atoms with Crippen molar-refractivity contribution in [2.45, 2.75) is 6.04 Å². The second-order valence-corrected chi connectivity index (χ2v) is 7.15. The van der Waals surface area contributed by atoms with Crippen molar-refractivity contribution in [2.24, 2.45) is 0 Å². The van der Waals surface area contributed by atoms with Gasteiger partial charge in [0.1, 0.15) is 5.76 Å². The third-order valence-corrected chi connectivity index (χ3v) is 5.03. The van der Waals surface area contributed by atoms with Gasteiger partial charge in [-0.3, -0.25) is 9.59 Å². The van der Waals surface area contributed by atoms with Crippen molar-refractivity contribution in [3.63, 3.8) is 0 Å². The maximum Gasteiger partial charge on any atom is 0.295 e. The Morgan fingerprint density at radius 1 is 1.12 bits per heavy atom. The summed E-state index contributed by atoms with van der Waals surface area (Å²) in [6.45, 7) is 0.572. The Balaban J connectivity index is 2.15. The molecule has 0 aromatic heterocycles. The first kappa shape index (κ1) is 18.6. The Morgan fingerprint density at radius 3 is 2.38 bits per heavy atom. The molecule has 0 bridgehead atoms. The summed E-state index contributed by atoms with van der Waals surface area (Å²) in [4.78, 5) is 26.7. The topological polar surface area (TPSA) is 66.8 Å². The zero-order valence-electron chi connectivity index (χ0n) is 14.2. The van der Waals surface area contributed by atoms with Crippen molar-refractivity contribution in [1.29, 1.82) is 0 Å². The zero-order valence-corrected chi connectivity index (χ0v) is 16.3. The van der Waals surface area contributed by atoms with Gasteiger partial charge in [-0.1, -0.05) is 42.5 Å². The molecule has 134 valence electrons. The Labute approximate surface area is 165 Å². The summed E-state index contributed by atoms with van der Waals surface area (Å²) in [7, 11) is 1.54. The molecule has 1 aliphatic rings. The number of carbonyl (C=O) groups excluding carboxylic acids is 2. The standard InChI is InChI=1S/C20H18INO4/c1-26-12-11-22-17(13-7-9-15(21)10-8-13)16(19(24)20(22)25)18(23)14-5-3-2-4-6-14/h2-10,17,23H,11-12H2,1H3/b18-16-. The van der Waals surface area contributed by atoms with Crippen LogP contribution in [0, 0.1) is 3.57 Å². The molecule has 1 amide bonds. The Kier molecular flexibility index (Phi) is 5.73. The molecule has 3 rings (SSSR count). The van der Waals surface area contributed by atoms with Gasteiger partial charge in [0.05, 0.1) is 18.2 Å². The molecule has 0 aliphatic carbocycles. The Morgan fingerprint density at radius 2 is 1.77 bits per heavy atom. The lowest BCUT2D eigenvalue weighted by Gasteiger charge is -2.25. The molecule has 2 aromatic carbocycles. The number of benzene rings is 2. The molecule has 1 fully saturated rings. The van der Waals surface area contributed by atoms with Crippen molar-refractivity contribution in [2.75, 3.05) is 20.3 Å². The fraction of sp³-hybridized carbons (Fsp3) is 0.200. The van der Waals surface area contributed by atoms with Crippen LogP contribution in [-0.2, 0) is 14.3 Å². The number of aliphatic hydroxyl groups is 1. The van der Waals surface area contributed by atoms with Crippen molar-refractivity contribution in [3.05, 3.63) is 74.9 Å². The van der Waals surface area contributed by atoms with E-state index < -0.39 is 17.7 Å². The SMILES string of the molecule is COCCN1C(=O)C(=O)/C(=C(\O)c2ccccc2)C1c1ccc(I)cc1. The van der Waals surface area contributed by atoms with Gasteiger partial charge in [0.2, 0.25) is 0 Å². The molecule has 1 heterocycles. The minimum Gasteiger partial charge on any atom is -0.507 e. The lowest BCUT2D eigenvalue weighted by atomic mass is 9.95. The predicted molar refractivity (Wildman–Crippen MR) is 106 cm³/mol. The molecule has 6 heteroatoms. The van der Waals surface area contributed by atoms with E-state index in [0.717, 1.165) is 9.13 Å². The first-order chi connectivity index (χ1) is 12.5. The van der Waals surface area contributed by atoms with E-state index in [-0.39, 0.29) is 17.9 Å². The highest BCUT2D eigenvalue weighted by molar-refractivity contribution is 14.1. The molecule has 1 saturated heterocycles. The van der Waals surface area contributed by atoms with Crippen LogP contribution in [0.3, 0.4) is 0 Å². The number of halogens is 1. The maximum absolute atomic E-state index is 12.7. The second kappa shape index (κ2) is 8.01. The number of amides is 1. The van der Waals surface area contributed by atoms with Gasteiger partial charge >= 0.3 is 0 Å². The number of hydrogen-bond acceptors (Lipinski definition) is 4. The van der Waals surface area contributed by atoms with Gasteiger partial charge in [-0.15, -0.1) is 0 Å². The minimum atomic E-state index is -0.675. The van der Waals surface area contributed by atoms with Gasteiger partial charge in [-0.2, -0.15) is 0 Å². The summed E-state index contributed by atoms with van der Waals surface area (Å²) >= 11 is 2.19. The number of ketones is 1. The minimum absolute atomic E-state index is 0.110. The normalized spacial score (nSPS) is 19.2. The zero-order chi connectivity index (χ0) is 18.7. The predicted octanol–water partition coefficient (Wildman–Crippen LogP) is 3.36. The van der Waals surface area contributed by atoms with E-state index in [0.29, 0.717) is 12.2 Å².